The zero-order valence-corrected chi connectivity index (χ0v) is 16.7. The van der Waals surface area contributed by atoms with Crippen LogP contribution in [0.3, 0.4) is 0 Å². The van der Waals surface area contributed by atoms with Gasteiger partial charge in [0.1, 0.15) is 0 Å². The third-order valence-corrected chi connectivity index (χ3v) is 5.24. The second-order valence-corrected chi connectivity index (χ2v) is 7.79. The molecule has 0 aliphatic carbocycles. The fourth-order valence-corrected chi connectivity index (χ4v) is 3.78. The van der Waals surface area contributed by atoms with Crippen LogP contribution in [0.4, 0.5) is 5.69 Å². The second-order valence-electron chi connectivity index (χ2n) is 7.79. The van der Waals surface area contributed by atoms with Crippen LogP contribution in [0, 0.1) is 5.92 Å². The standard InChI is InChI=1S/C24H26N4O/c1-18-5-4-14-28(16-18)17-19-8-10-20(11-9-19)27-24(29)13-12-21-15-25-22-6-2-3-7-23(22)26-21/h2-3,6-13,15,18H,4-5,14,16-17H2,1H3,(H,27,29). The smallest absolute Gasteiger partial charge is 0.248 e. The number of aromatic nitrogens is 2. The van der Waals surface area contributed by atoms with Crippen molar-refractivity contribution in [3.63, 3.8) is 0 Å². The van der Waals surface area contributed by atoms with E-state index in [0.717, 1.165) is 29.2 Å². The monoisotopic (exact) mass is 386 g/mol. The average Bonchev–Trinajstić information content (AvgIpc) is 2.73. The normalized spacial score (nSPS) is 17.6. The molecular weight excluding hydrogens is 360 g/mol. The van der Waals surface area contributed by atoms with Crippen molar-refractivity contribution in [2.45, 2.75) is 26.3 Å². The minimum Gasteiger partial charge on any atom is -0.323 e. The Balaban J connectivity index is 1.33. The molecule has 5 nitrogen and oxygen atoms in total. The van der Waals surface area contributed by atoms with Crippen LogP contribution in [0.1, 0.15) is 31.0 Å². The fraction of sp³-hybridized carbons (Fsp3) is 0.292. The van der Waals surface area contributed by atoms with Crippen LogP contribution in [0.2, 0.25) is 0 Å². The number of piperidine rings is 1. The fourth-order valence-electron chi connectivity index (χ4n) is 3.78. The van der Waals surface area contributed by atoms with E-state index in [0.29, 0.717) is 5.69 Å². The molecule has 0 bridgehead atoms. The Hall–Kier alpha value is -3.05. The molecule has 1 fully saturated rings. The lowest BCUT2D eigenvalue weighted by Crippen LogP contribution is -2.33. The summed E-state index contributed by atoms with van der Waals surface area (Å²) in [5.74, 6) is 0.596. The van der Waals surface area contributed by atoms with Gasteiger partial charge in [0.2, 0.25) is 5.91 Å². The number of nitrogens with zero attached hydrogens (tertiary/aromatic N) is 3. The van der Waals surface area contributed by atoms with Gasteiger partial charge in [0, 0.05) is 24.9 Å². The van der Waals surface area contributed by atoms with Gasteiger partial charge >= 0.3 is 0 Å². The maximum Gasteiger partial charge on any atom is 0.248 e. The van der Waals surface area contributed by atoms with Crippen molar-refractivity contribution in [2.24, 2.45) is 5.92 Å². The molecule has 0 saturated carbocycles. The molecule has 0 radical (unpaired) electrons. The lowest BCUT2D eigenvalue weighted by Gasteiger charge is -2.30. The molecule has 1 aliphatic heterocycles. The number of likely N-dealkylation sites (tertiary alicyclic amines) is 1. The molecule has 148 valence electrons. The first-order valence-corrected chi connectivity index (χ1v) is 10.2. The van der Waals surface area contributed by atoms with E-state index < -0.39 is 0 Å². The average molecular weight is 386 g/mol. The van der Waals surface area contributed by atoms with E-state index >= 15 is 0 Å². The predicted molar refractivity (Wildman–Crippen MR) is 117 cm³/mol. The molecule has 3 aromatic rings. The quantitative estimate of drug-likeness (QED) is 0.655. The molecule has 5 heteroatoms. The molecule has 1 saturated heterocycles. The van der Waals surface area contributed by atoms with Crippen LogP contribution < -0.4 is 5.32 Å². The van der Waals surface area contributed by atoms with Gasteiger partial charge in [-0.05, 0) is 61.2 Å². The van der Waals surface area contributed by atoms with Crippen molar-refractivity contribution >= 4 is 28.7 Å². The number of para-hydroxylation sites is 2. The maximum absolute atomic E-state index is 12.2. The predicted octanol–water partition coefficient (Wildman–Crippen LogP) is 4.51. The number of carbonyl (C=O) groups excluding carboxylic acids is 1. The summed E-state index contributed by atoms with van der Waals surface area (Å²) in [7, 11) is 0. The highest BCUT2D eigenvalue weighted by molar-refractivity contribution is 6.01. The highest BCUT2D eigenvalue weighted by Crippen LogP contribution is 2.19. The highest BCUT2D eigenvalue weighted by Gasteiger charge is 2.16. The minimum atomic E-state index is -0.183. The summed E-state index contributed by atoms with van der Waals surface area (Å²) in [5, 5.41) is 2.90. The third kappa shape index (κ3) is 5.27. The van der Waals surface area contributed by atoms with Crippen LogP contribution in [0.25, 0.3) is 17.1 Å². The molecule has 2 heterocycles. The SMILES string of the molecule is CC1CCCN(Cc2ccc(NC(=O)C=Cc3cnc4ccccc4n3)cc2)C1. The molecule has 1 atom stereocenters. The number of fused-ring (bicyclic) bond motifs is 1. The molecule has 29 heavy (non-hydrogen) atoms. The van der Waals surface area contributed by atoms with Gasteiger partial charge in [0.25, 0.3) is 0 Å². The number of anilines is 1. The van der Waals surface area contributed by atoms with Gasteiger partial charge in [-0.3, -0.25) is 14.7 Å². The molecule has 1 amide bonds. The largest absolute Gasteiger partial charge is 0.323 e. The van der Waals surface area contributed by atoms with E-state index in [2.05, 4.69) is 39.2 Å². The van der Waals surface area contributed by atoms with Crippen LogP contribution in [-0.4, -0.2) is 33.9 Å². The van der Waals surface area contributed by atoms with E-state index in [1.807, 2.05) is 36.4 Å². The third-order valence-electron chi connectivity index (χ3n) is 5.24. The Morgan fingerprint density at radius 1 is 1.17 bits per heavy atom. The van der Waals surface area contributed by atoms with Gasteiger partial charge in [-0.15, -0.1) is 0 Å². The molecule has 1 aromatic heterocycles. The van der Waals surface area contributed by atoms with Crippen LogP contribution >= 0.6 is 0 Å². The van der Waals surface area contributed by atoms with Crippen molar-refractivity contribution in [1.82, 2.24) is 14.9 Å². The van der Waals surface area contributed by atoms with Crippen molar-refractivity contribution in [1.29, 1.82) is 0 Å². The lowest BCUT2D eigenvalue weighted by molar-refractivity contribution is -0.111. The van der Waals surface area contributed by atoms with Gasteiger partial charge in [-0.1, -0.05) is 31.2 Å². The van der Waals surface area contributed by atoms with E-state index in [9.17, 15) is 4.79 Å². The van der Waals surface area contributed by atoms with Crippen LogP contribution in [0.15, 0.2) is 60.8 Å². The molecule has 0 spiro atoms. The molecular formula is C24H26N4O. The Labute approximate surface area is 171 Å². The molecule has 1 N–H and O–H groups in total. The zero-order valence-electron chi connectivity index (χ0n) is 16.7. The number of benzene rings is 2. The van der Waals surface area contributed by atoms with E-state index in [1.54, 1.807) is 12.3 Å². The van der Waals surface area contributed by atoms with Gasteiger partial charge in [-0.2, -0.15) is 0 Å². The van der Waals surface area contributed by atoms with Crippen molar-refractivity contribution in [2.75, 3.05) is 18.4 Å². The summed E-state index contributed by atoms with van der Waals surface area (Å²) >= 11 is 0. The molecule has 1 unspecified atom stereocenters. The summed E-state index contributed by atoms with van der Waals surface area (Å²) in [6.07, 6.45) is 7.45. The number of carbonyl (C=O) groups is 1. The van der Waals surface area contributed by atoms with Crippen molar-refractivity contribution in [3.05, 3.63) is 72.1 Å². The number of hydrogen-bond donors (Lipinski definition) is 1. The number of rotatable bonds is 5. The van der Waals surface area contributed by atoms with E-state index in [1.165, 1.54) is 37.6 Å². The summed E-state index contributed by atoms with van der Waals surface area (Å²) in [6, 6.07) is 15.8. The Morgan fingerprint density at radius 3 is 2.76 bits per heavy atom. The second kappa shape index (κ2) is 8.97. The maximum atomic E-state index is 12.2. The minimum absolute atomic E-state index is 0.183. The molecule has 2 aromatic carbocycles. The van der Waals surface area contributed by atoms with E-state index in [4.69, 9.17) is 0 Å². The summed E-state index contributed by atoms with van der Waals surface area (Å²) < 4.78 is 0. The first kappa shape index (κ1) is 19.3. The Bertz CT molecular complexity index is 1010. The first-order chi connectivity index (χ1) is 14.2. The molecule has 4 rings (SSSR count). The molecule has 1 aliphatic rings. The topological polar surface area (TPSA) is 58.1 Å². The van der Waals surface area contributed by atoms with Gasteiger partial charge in [0.05, 0.1) is 22.9 Å². The van der Waals surface area contributed by atoms with Gasteiger partial charge in [0.15, 0.2) is 0 Å². The van der Waals surface area contributed by atoms with Gasteiger partial charge in [-0.25, -0.2) is 4.98 Å². The van der Waals surface area contributed by atoms with Crippen LogP contribution in [-0.2, 0) is 11.3 Å². The first-order valence-electron chi connectivity index (χ1n) is 10.2. The Kier molecular flexibility index (Phi) is 5.96. The summed E-state index contributed by atoms with van der Waals surface area (Å²) in [6.45, 7) is 5.63. The summed E-state index contributed by atoms with van der Waals surface area (Å²) in [4.78, 5) is 23.6. The number of nitrogens with one attached hydrogen (secondary N) is 1. The highest BCUT2D eigenvalue weighted by atomic mass is 16.1. The summed E-state index contributed by atoms with van der Waals surface area (Å²) in [5.41, 5.74) is 4.38. The zero-order chi connectivity index (χ0) is 20.1. The van der Waals surface area contributed by atoms with Crippen molar-refractivity contribution < 1.29 is 4.79 Å². The van der Waals surface area contributed by atoms with Crippen molar-refractivity contribution in [3.8, 4) is 0 Å². The van der Waals surface area contributed by atoms with Crippen LogP contribution in [0.5, 0.6) is 0 Å². The number of hydrogen-bond acceptors (Lipinski definition) is 4. The number of amides is 1. The van der Waals surface area contributed by atoms with E-state index in [-0.39, 0.29) is 5.91 Å². The van der Waals surface area contributed by atoms with Gasteiger partial charge < -0.3 is 5.32 Å². The lowest BCUT2D eigenvalue weighted by atomic mass is 10.00. The Morgan fingerprint density at radius 2 is 1.97 bits per heavy atom.